The van der Waals surface area contributed by atoms with E-state index in [1.165, 1.54) is 18.4 Å². The fourth-order valence-electron chi connectivity index (χ4n) is 4.32. The number of phenols is 1. The van der Waals surface area contributed by atoms with Crippen molar-refractivity contribution < 1.29 is 14.6 Å². The Kier molecular flexibility index (Phi) is 4.82. The Bertz CT molecular complexity index is 1010. The molecule has 0 amide bonds. The summed E-state index contributed by atoms with van der Waals surface area (Å²) in [5.74, 6) is 1.88. The summed E-state index contributed by atoms with van der Waals surface area (Å²) >= 11 is 0. The minimum Gasteiger partial charge on any atom is -0.508 e. The first-order valence-electron chi connectivity index (χ1n) is 10.1. The molecule has 1 saturated heterocycles. The van der Waals surface area contributed by atoms with Crippen molar-refractivity contribution in [2.45, 2.75) is 31.8 Å². The summed E-state index contributed by atoms with van der Waals surface area (Å²) in [6.07, 6.45) is 7.30. The Labute approximate surface area is 170 Å². The number of fused-ring (bicyclic) bond motifs is 1. The number of aromatic nitrogens is 1. The summed E-state index contributed by atoms with van der Waals surface area (Å²) in [7, 11) is 0. The molecule has 2 aliphatic rings. The van der Waals surface area contributed by atoms with Gasteiger partial charge in [-0.1, -0.05) is 24.6 Å². The second kappa shape index (κ2) is 7.76. The Balaban J connectivity index is 1.43. The molecule has 0 radical (unpaired) electrons. The largest absolute Gasteiger partial charge is 0.508 e. The average molecular weight is 388 g/mol. The molecule has 1 fully saturated rings. The summed E-state index contributed by atoms with van der Waals surface area (Å²) in [6, 6.07) is 16.3. The van der Waals surface area contributed by atoms with Crippen LogP contribution in [0.25, 0.3) is 11.1 Å². The van der Waals surface area contributed by atoms with Gasteiger partial charge in [0.2, 0.25) is 6.79 Å². The van der Waals surface area contributed by atoms with E-state index in [4.69, 9.17) is 9.47 Å². The quantitative estimate of drug-likeness (QED) is 0.688. The van der Waals surface area contributed by atoms with Crippen molar-refractivity contribution in [3.8, 4) is 28.4 Å². The lowest BCUT2D eigenvalue weighted by atomic mass is 9.95. The second-order valence-corrected chi connectivity index (χ2v) is 7.68. The number of nitrogens with zero attached hydrogens (tertiary/aromatic N) is 2. The first-order chi connectivity index (χ1) is 14.3. The lowest BCUT2D eigenvalue weighted by Crippen LogP contribution is -2.33. The average Bonchev–Trinajstić information content (AvgIpc) is 3.24. The van der Waals surface area contributed by atoms with Gasteiger partial charge in [-0.2, -0.15) is 0 Å². The van der Waals surface area contributed by atoms with Gasteiger partial charge in [0.1, 0.15) is 5.75 Å². The molecule has 0 aliphatic carbocycles. The topological polar surface area (TPSA) is 54.8 Å². The maximum atomic E-state index is 10.5. The molecule has 0 spiro atoms. The summed E-state index contributed by atoms with van der Waals surface area (Å²) in [6.45, 7) is 2.00. The van der Waals surface area contributed by atoms with E-state index >= 15 is 0 Å². The van der Waals surface area contributed by atoms with E-state index in [1.54, 1.807) is 6.07 Å². The zero-order valence-electron chi connectivity index (χ0n) is 16.3. The van der Waals surface area contributed by atoms with Gasteiger partial charge in [-0.3, -0.25) is 9.88 Å². The van der Waals surface area contributed by atoms with Crippen LogP contribution in [0.15, 0.2) is 60.9 Å². The SMILES string of the molecule is Oc1ccc(-c2ccc3c(c2)OCO3)cc1CN1CCCC[C@H]1c1cccnc1. The highest BCUT2D eigenvalue weighted by Gasteiger charge is 2.25. The van der Waals surface area contributed by atoms with Crippen molar-refractivity contribution >= 4 is 0 Å². The molecule has 0 bridgehead atoms. The van der Waals surface area contributed by atoms with Gasteiger partial charge in [-0.05, 0) is 66.4 Å². The lowest BCUT2D eigenvalue weighted by molar-refractivity contribution is 0.139. The fraction of sp³-hybridized carbons (Fsp3) is 0.292. The molecule has 5 nitrogen and oxygen atoms in total. The molecule has 2 aliphatic heterocycles. The number of phenolic OH excluding ortho intramolecular Hbond substituents is 1. The van der Waals surface area contributed by atoms with Crippen molar-refractivity contribution in [1.82, 2.24) is 9.88 Å². The highest BCUT2D eigenvalue weighted by Crippen LogP contribution is 2.38. The first-order valence-corrected chi connectivity index (χ1v) is 10.1. The lowest BCUT2D eigenvalue weighted by Gasteiger charge is -2.36. The highest BCUT2D eigenvalue weighted by atomic mass is 16.7. The van der Waals surface area contributed by atoms with Gasteiger partial charge in [-0.25, -0.2) is 0 Å². The van der Waals surface area contributed by atoms with E-state index in [1.807, 2.05) is 42.7 Å². The molecule has 5 heteroatoms. The Morgan fingerprint density at radius 1 is 1.00 bits per heavy atom. The smallest absolute Gasteiger partial charge is 0.231 e. The van der Waals surface area contributed by atoms with Crippen molar-refractivity contribution in [2.24, 2.45) is 0 Å². The van der Waals surface area contributed by atoms with Crippen LogP contribution in [0.5, 0.6) is 17.2 Å². The van der Waals surface area contributed by atoms with E-state index in [9.17, 15) is 5.11 Å². The van der Waals surface area contributed by atoms with Crippen molar-refractivity contribution in [3.05, 3.63) is 72.1 Å². The molecule has 3 aromatic rings. The van der Waals surface area contributed by atoms with E-state index in [2.05, 4.69) is 22.0 Å². The first kappa shape index (κ1) is 18.0. The number of hydrogen-bond donors (Lipinski definition) is 1. The number of likely N-dealkylation sites (tertiary alicyclic amines) is 1. The molecule has 1 atom stereocenters. The third-order valence-corrected chi connectivity index (χ3v) is 5.84. The van der Waals surface area contributed by atoms with Gasteiger partial charge in [-0.15, -0.1) is 0 Å². The Morgan fingerprint density at radius 2 is 1.86 bits per heavy atom. The molecule has 148 valence electrons. The molecule has 1 aromatic heterocycles. The predicted molar refractivity (Wildman–Crippen MR) is 111 cm³/mol. The molecular formula is C24H24N2O3. The van der Waals surface area contributed by atoms with Gasteiger partial charge < -0.3 is 14.6 Å². The number of piperidine rings is 1. The molecule has 0 saturated carbocycles. The Morgan fingerprint density at radius 3 is 2.76 bits per heavy atom. The van der Waals surface area contributed by atoms with Crippen LogP contribution >= 0.6 is 0 Å². The molecule has 5 rings (SSSR count). The summed E-state index contributed by atoms with van der Waals surface area (Å²) in [5, 5.41) is 10.5. The molecule has 3 heterocycles. The van der Waals surface area contributed by atoms with E-state index in [0.717, 1.165) is 41.2 Å². The van der Waals surface area contributed by atoms with Crippen LogP contribution in [0, 0.1) is 0 Å². The zero-order valence-corrected chi connectivity index (χ0v) is 16.3. The predicted octanol–water partition coefficient (Wildman–Crippen LogP) is 4.91. The number of aromatic hydroxyl groups is 1. The third kappa shape index (κ3) is 3.66. The number of hydrogen-bond acceptors (Lipinski definition) is 5. The maximum Gasteiger partial charge on any atom is 0.231 e. The minimum absolute atomic E-state index is 0.268. The van der Waals surface area contributed by atoms with Gasteiger partial charge in [0.25, 0.3) is 0 Å². The van der Waals surface area contributed by atoms with Crippen LogP contribution < -0.4 is 9.47 Å². The molecular weight excluding hydrogens is 364 g/mol. The third-order valence-electron chi connectivity index (χ3n) is 5.84. The van der Waals surface area contributed by atoms with Crippen LogP contribution in [0.3, 0.4) is 0 Å². The van der Waals surface area contributed by atoms with Gasteiger partial charge in [0.05, 0.1) is 0 Å². The second-order valence-electron chi connectivity index (χ2n) is 7.68. The molecule has 0 unspecified atom stereocenters. The van der Waals surface area contributed by atoms with E-state index in [0.29, 0.717) is 18.3 Å². The maximum absolute atomic E-state index is 10.5. The normalized spacial score (nSPS) is 18.7. The van der Waals surface area contributed by atoms with Gasteiger partial charge >= 0.3 is 0 Å². The van der Waals surface area contributed by atoms with Crippen LogP contribution in [0.2, 0.25) is 0 Å². The number of pyridine rings is 1. The van der Waals surface area contributed by atoms with Crippen LogP contribution in [-0.4, -0.2) is 28.3 Å². The standard InChI is InChI=1S/C24H24N2O3/c27-22-8-6-17(18-7-9-23-24(13-18)29-16-28-23)12-20(22)15-26-11-2-1-5-21(26)19-4-3-10-25-14-19/h3-4,6-10,12-14,21,27H,1-2,5,11,15-16H2/t21-/m0/s1. The number of rotatable bonds is 4. The van der Waals surface area contributed by atoms with Gasteiger partial charge in [0, 0.05) is 30.5 Å². The summed E-state index contributed by atoms with van der Waals surface area (Å²) < 4.78 is 10.9. The molecule has 2 aromatic carbocycles. The number of ether oxygens (including phenoxy) is 2. The van der Waals surface area contributed by atoms with Gasteiger partial charge in [0.15, 0.2) is 11.5 Å². The highest BCUT2D eigenvalue weighted by molar-refractivity contribution is 5.69. The monoisotopic (exact) mass is 388 g/mol. The van der Waals surface area contributed by atoms with Crippen molar-refractivity contribution in [3.63, 3.8) is 0 Å². The molecule has 29 heavy (non-hydrogen) atoms. The fourth-order valence-corrected chi connectivity index (χ4v) is 4.32. The van der Waals surface area contributed by atoms with Crippen LogP contribution in [-0.2, 0) is 6.54 Å². The van der Waals surface area contributed by atoms with E-state index < -0.39 is 0 Å². The van der Waals surface area contributed by atoms with E-state index in [-0.39, 0.29) is 6.79 Å². The van der Waals surface area contributed by atoms with Crippen LogP contribution in [0.4, 0.5) is 0 Å². The molecule has 1 N–H and O–H groups in total. The van der Waals surface area contributed by atoms with Crippen molar-refractivity contribution in [2.75, 3.05) is 13.3 Å². The van der Waals surface area contributed by atoms with Crippen LogP contribution in [0.1, 0.15) is 36.4 Å². The van der Waals surface area contributed by atoms with Crippen molar-refractivity contribution in [1.29, 1.82) is 0 Å². The summed E-state index contributed by atoms with van der Waals surface area (Å²) in [4.78, 5) is 6.76. The zero-order chi connectivity index (χ0) is 19.6. The summed E-state index contributed by atoms with van der Waals surface area (Å²) in [5.41, 5.74) is 4.30. The Hall–Kier alpha value is -3.05. The minimum atomic E-state index is 0.268. The number of benzene rings is 2.